The fourth-order valence-electron chi connectivity index (χ4n) is 6.25. The maximum atomic E-state index is 14.0. The molecule has 2 aromatic rings. The van der Waals surface area contributed by atoms with Crippen LogP contribution < -0.4 is 16.0 Å². The van der Waals surface area contributed by atoms with Crippen molar-refractivity contribution in [2.75, 3.05) is 138 Å². The van der Waals surface area contributed by atoms with Crippen molar-refractivity contribution in [3.05, 3.63) is 54.1 Å². The minimum absolute atomic E-state index is 0.0538. The van der Waals surface area contributed by atoms with Crippen molar-refractivity contribution in [2.45, 2.75) is 43.5 Å². The molecule has 9 N–H and O–H groups in total. The molecule has 21 nitrogen and oxygen atoms in total. The molecule has 64 heavy (non-hydrogen) atoms. The van der Waals surface area contributed by atoms with Crippen LogP contribution in [0.25, 0.3) is 11.1 Å². The number of hydrogen-bond acceptors (Lipinski definition) is 18. The molecule has 0 aliphatic carbocycles. The molecule has 0 spiro atoms. The van der Waals surface area contributed by atoms with E-state index in [1.807, 2.05) is 24.3 Å². The van der Waals surface area contributed by atoms with Gasteiger partial charge in [-0.1, -0.05) is 36.4 Å². The van der Waals surface area contributed by atoms with Gasteiger partial charge < -0.3 is 84.5 Å². The molecule has 1 aliphatic rings. The van der Waals surface area contributed by atoms with Crippen LogP contribution in [0.4, 0.5) is 0 Å². The number of aliphatic hydroxyl groups is 5. The van der Waals surface area contributed by atoms with Crippen LogP contribution in [-0.4, -0.2) is 222 Å². The monoisotopic (exact) mass is 912 g/mol. The first-order chi connectivity index (χ1) is 31.1. The first-order valence-corrected chi connectivity index (χ1v) is 21.5. The van der Waals surface area contributed by atoms with Gasteiger partial charge in [-0.25, -0.2) is 0 Å². The summed E-state index contributed by atoms with van der Waals surface area (Å²) < 4.78 is 43.5. The molecule has 2 aromatic carbocycles. The fourth-order valence-corrected chi connectivity index (χ4v) is 6.25. The number of aromatic hydroxyl groups is 1. The van der Waals surface area contributed by atoms with E-state index in [1.165, 1.54) is 4.90 Å². The highest BCUT2D eigenvalue weighted by molar-refractivity contribution is 5.86. The van der Waals surface area contributed by atoms with E-state index in [9.17, 15) is 34.8 Å². The first kappa shape index (κ1) is 54.4. The van der Waals surface area contributed by atoms with E-state index in [0.29, 0.717) is 0 Å². The maximum absolute atomic E-state index is 14.0. The fraction of sp³-hybridized carbons (Fsp3) is 0.651. The summed E-state index contributed by atoms with van der Waals surface area (Å²) in [4.78, 5) is 42.2. The van der Waals surface area contributed by atoms with Gasteiger partial charge >= 0.3 is 0 Å². The molecule has 21 heteroatoms. The van der Waals surface area contributed by atoms with Crippen LogP contribution in [0.2, 0.25) is 0 Å². The molecule has 1 aliphatic heterocycles. The Hall–Kier alpha value is -3.91. The number of nitrogens with one attached hydrogen (secondary N) is 3. The summed E-state index contributed by atoms with van der Waals surface area (Å²) in [6.45, 7) is 1.94. The Kier molecular flexibility index (Phi) is 28.5. The minimum Gasteiger partial charge on any atom is -0.508 e. The maximum Gasteiger partial charge on any atom is 0.237 e. The normalized spacial score (nSPS) is 17.9. The lowest BCUT2D eigenvalue weighted by atomic mass is 9.99. The third-order valence-electron chi connectivity index (χ3n) is 9.54. The molecule has 5 atom stereocenters. The molecule has 3 rings (SSSR count). The number of ether oxygens (including phenoxy) is 8. The summed E-state index contributed by atoms with van der Waals surface area (Å²) in [7, 11) is 0. The Morgan fingerprint density at radius 1 is 0.625 bits per heavy atom. The van der Waals surface area contributed by atoms with Gasteiger partial charge in [0.25, 0.3) is 0 Å². The number of carbonyl (C=O) groups is 3. The third-order valence-corrected chi connectivity index (χ3v) is 9.54. The molecule has 0 aromatic heterocycles. The Labute approximate surface area is 373 Å². The summed E-state index contributed by atoms with van der Waals surface area (Å²) in [6, 6.07) is 13.3. The van der Waals surface area contributed by atoms with Crippen LogP contribution in [0.1, 0.15) is 12.0 Å². The van der Waals surface area contributed by atoms with E-state index in [2.05, 4.69) is 16.0 Å². The van der Waals surface area contributed by atoms with Gasteiger partial charge in [0.05, 0.1) is 131 Å². The molecule has 0 radical (unpaired) electrons. The lowest BCUT2D eigenvalue weighted by molar-refractivity contribution is -0.259. The van der Waals surface area contributed by atoms with Gasteiger partial charge in [0, 0.05) is 26.1 Å². The van der Waals surface area contributed by atoms with Crippen molar-refractivity contribution >= 4 is 17.7 Å². The van der Waals surface area contributed by atoms with E-state index in [0.717, 1.165) is 16.7 Å². The number of benzene rings is 2. The van der Waals surface area contributed by atoms with E-state index in [-0.39, 0.29) is 150 Å². The summed E-state index contributed by atoms with van der Waals surface area (Å²) in [6.07, 6.45) is -3.82. The number of nitrogens with zero attached hydrogens (tertiary/aromatic N) is 1. The molecule has 0 bridgehead atoms. The zero-order chi connectivity index (χ0) is 46.2. The van der Waals surface area contributed by atoms with Gasteiger partial charge in [0.2, 0.25) is 17.7 Å². The molecule has 0 saturated carbocycles. The van der Waals surface area contributed by atoms with Gasteiger partial charge in [-0.15, -0.1) is 0 Å². The molecule has 1 fully saturated rings. The van der Waals surface area contributed by atoms with Gasteiger partial charge in [-0.3, -0.25) is 19.3 Å². The second-order valence-corrected chi connectivity index (χ2v) is 14.4. The van der Waals surface area contributed by atoms with Crippen molar-refractivity contribution in [2.24, 2.45) is 0 Å². The lowest BCUT2D eigenvalue weighted by Gasteiger charge is -2.35. The van der Waals surface area contributed by atoms with Gasteiger partial charge in [-0.2, -0.15) is 0 Å². The number of phenols is 1. The average Bonchev–Trinajstić information content (AvgIpc) is 3.29. The minimum atomic E-state index is -1.19. The predicted molar refractivity (Wildman–Crippen MR) is 229 cm³/mol. The molecule has 1 saturated heterocycles. The predicted octanol–water partition coefficient (Wildman–Crippen LogP) is -2.45. The highest BCUT2D eigenvalue weighted by Crippen LogP contribution is 2.23. The van der Waals surface area contributed by atoms with Crippen LogP contribution in [-0.2, 0) is 58.7 Å². The summed E-state index contributed by atoms with van der Waals surface area (Å²) in [5.74, 6) is -1.18. The van der Waals surface area contributed by atoms with E-state index >= 15 is 0 Å². The molecule has 1 unspecified atom stereocenters. The van der Waals surface area contributed by atoms with E-state index in [1.54, 1.807) is 24.3 Å². The number of amides is 3. The second-order valence-electron chi connectivity index (χ2n) is 14.4. The van der Waals surface area contributed by atoms with Crippen molar-refractivity contribution in [1.82, 2.24) is 20.9 Å². The summed E-state index contributed by atoms with van der Waals surface area (Å²) in [5, 5.41) is 65.0. The highest BCUT2D eigenvalue weighted by Gasteiger charge is 2.36. The van der Waals surface area contributed by atoms with Gasteiger partial charge in [0.15, 0.2) is 6.29 Å². The van der Waals surface area contributed by atoms with Crippen molar-refractivity contribution in [3.63, 3.8) is 0 Å². The standard InChI is InChI=1S/C43H68N4O17/c48-12-17-60-22-19-57-14-9-44-39(53)29-47(30-40(54)45-10-15-58-20-23-61-18-13-49)36(27-32-1-3-33(4-2-32)34-5-7-35(51)8-6-34)43(56)46-11-16-59-21-24-62-25-26-63-41-28-37(52)42(55)38(31-50)64-41/h1-8,36-38,41-42,48-52,55H,9-31H2,(H,44,53)(H,45,54)(H,46,56)/t36?,37-,38-,41-,42-/m1/s1. The smallest absolute Gasteiger partial charge is 0.237 e. The van der Waals surface area contributed by atoms with Crippen LogP contribution in [0, 0.1) is 0 Å². The molecular weight excluding hydrogens is 844 g/mol. The molecule has 362 valence electrons. The van der Waals surface area contributed by atoms with Crippen molar-refractivity contribution < 1.29 is 82.9 Å². The van der Waals surface area contributed by atoms with Crippen molar-refractivity contribution in [1.29, 1.82) is 0 Å². The number of hydrogen-bond donors (Lipinski definition) is 9. The Bertz CT molecular complexity index is 1510. The highest BCUT2D eigenvalue weighted by atomic mass is 16.7. The largest absolute Gasteiger partial charge is 0.508 e. The SMILES string of the molecule is O=C(CN(CC(=O)NCCOCCOCCO)C(Cc1ccc(-c2ccc(O)cc2)cc1)C(=O)NCCOCCOCCO[C@H]1C[C@@H](O)[C@@H](O)[C@@H](CO)O1)NCCOCCOCCO. The van der Waals surface area contributed by atoms with Crippen LogP contribution in [0.5, 0.6) is 5.75 Å². The molecule has 3 amide bonds. The third kappa shape index (κ3) is 22.8. The Morgan fingerprint density at radius 3 is 1.58 bits per heavy atom. The van der Waals surface area contributed by atoms with Gasteiger partial charge in [0.1, 0.15) is 18.0 Å². The molecule has 1 heterocycles. The molecular formula is C43H68N4O17. The van der Waals surface area contributed by atoms with Gasteiger partial charge in [-0.05, 0) is 35.2 Å². The first-order valence-electron chi connectivity index (χ1n) is 21.5. The van der Waals surface area contributed by atoms with Crippen LogP contribution >= 0.6 is 0 Å². The topological polar surface area (TPSA) is 286 Å². The Morgan fingerprint density at radius 2 is 1.08 bits per heavy atom. The number of carbonyl (C=O) groups excluding carboxylic acids is 3. The zero-order valence-corrected chi connectivity index (χ0v) is 36.4. The Balaban J connectivity index is 1.60. The quantitative estimate of drug-likeness (QED) is 0.0321. The second kappa shape index (κ2) is 33.6. The summed E-state index contributed by atoms with van der Waals surface area (Å²) >= 11 is 0. The summed E-state index contributed by atoms with van der Waals surface area (Å²) in [5.41, 5.74) is 2.52. The number of phenolic OH excluding ortho intramolecular Hbond substituents is 1. The average molecular weight is 913 g/mol. The number of rotatable bonds is 36. The van der Waals surface area contributed by atoms with Crippen LogP contribution in [0.3, 0.4) is 0 Å². The van der Waals surface area contributed by atoms with Crippen LogP contribution in [0.15, 0.2) is 48.5 Å². The van der Waals surface area contributed by atoms with E-state index < -0.39 is 55.0 Å². The number of aliphatic hydroxyl groups excluding tert-OH is 5. The zero-order valence-electron chi connectivity index (χ0n) is 36.4. The van der Waals surface area contributed by atoms with Crippen molar-refractivity contribution in [3.8, 4) is 16.9 Å². The van der Waals surface area contributed by atoms with E-state index in [4.69, 9.17) is 48.1 Å². The lowest BCUT2D eigenvalue weighted by Crippen LogP contribution is -2.54.